The molecule has 1 N–H and O–H groups in total. The van der Waals surface area contributed by atoms with E-state index >= 15 is 0 Å². The van der Waals surface area contributed by atoms with Gasteiger partial charge in [0.1, 0.15) is 10.3 Å². The number of aromatic amines is 1. The highest BCUT2D eigenvalue weighted by Crippen LogP contribution is 2.17. The van der Waals surface area contributed by atoms with E-state index < -0.39 is 0 Å². The quantitative estimate of drug-likeness (QED) is 0.816. The molecule has 0 radical (unpaired) electrons. The summed E-state index contributed by atoms with van der Waals surface area (Å²) in [4.78, 5) is 11.8. The molecular weight excluding hydrogens is 226 g/mol. The molecule has 2 aromatic rings. The van der Waals surface area contributed by atoms with Gasteiger partial charge in [-0.25, -0.2) is 9.97 Å². The van der Waals surface area contributed by atoms with Crippen LogP contribution in [0.15, 0.2) is 10.9 Å². The smallest absolute Gasteiger partial charge is 0.158 e. The van der Waals surface area contributed by atoms with E-state index in [2.05, 4.69) is 21.9 Å². The van der Waals surface area contributed by atoms with E-state index in [4.69, 9.17) is 12.2 Å². The maximum Gasteiger partial charge on any atom is 0.158 e. The maximum absolute atomic E-state index is 5.24. The average Bonchev–Trinajstić information content (AvgIpc) is 2.69. The highest BCUT2D eigenvalue weighted by molar-refractivity contribution is 7.71. The molecule has 78 valence electrons. The van der Waals surface area contributed by atoms with Gasteiger partial charge in [-0.15, -0.1) is 11.3 Å². The van der Waals surface area contributed by atoms with E-state index in [-0.39, 0.29) is 0 Å². The summed E-state index contributed by atoms with van der Waals surface area (Å²) in [5.74, 6) is 0.760. The molecule has 3 nitrogen and oxygen atoms in total. The number of nitrogens with zero attached hydrogens (tertiary/aromatic N) is 2. The molecule has 0 aromatic carbocycles. The second-order valence-electron chi connectivity index (χ2n) is 3.22. The predicted octanol–water partition coefficient (Wildman–Crippen LogP) is 3.13. The van der Waals surface area contributed by atoms with Crippen molar-refractivity contribution >= 4 is 23.6 Å². The molecule has 5 heteroatoms. The molecule has 0 spiro atoms. The van der Waals surface area contributed by atoms with Crippen molar-refractivity contribution < 1.29 is 0 Å². The minimum absolute atomic E-state index is 0.678. The molecule has 0 aliphatic heterocycles. The molecule has 2 heterocycles. The minimum atomic E-state index is 0.678. The summed E-state index contributed by atoms with van der Waals surface area (Å²) in [5, 5.41) is 1.96. The lowest BCUT2D eigenvalue weighted by Gasteiger charge is -2.05. The summed E-state index contributed by atoms with van der Waals surface area (Å²) in [7, 11) is 0. The zero-order valence-corrected chi connectivity index (χ0v) is 10.2. The zero-order chi connectivity index (χ0) is 10.8. The first-order valence-corrected chi connectivity index (χ1v) is 6.05. The second-order valence-corrected chi connectivity index (χ2v) is 4.33. The van der Waals surface area contributed by atoms with Gasteiger partial charge in [-0.1, -0.05) is 19.1 Å². The summed E-state index contributed by atoms with van der Waals surface area (Å²) >= 11 is 6.80. The van der Waals surface area contributed by atoms with Crippen molar-refractivity contribution in [1.29, 1.82) is 0 Å². The summed E-state index contributed by atoms with van der Waals surface area (Å²) < 4.78 is 0.678. The van der Waals surface area contributed by atoms with Crippen LogP contribution >= 0.6 is 23.6 Å². The van der Waals surface area contributed by atoms with Crippen molar-refractivity contribution in [2.45, 2.75) is 20.3 Å². The van der Waals surface area contributed by atoms with Crippen molar-refractivity contribution in [3.8, 4) is 11.5 Å². The number of nitrogens with one attached hydrogen (secondary N) is 1. The van der Waals surface area contributed by atoms with Crippen molar-refractivity contribution in [3.05, 3.63) is 26.8 Å². The fourth-order valence-corrected chi connectivity index (χ4v) is 2.40. The fraction of sp³-hybridized carbons (Fsp3) is 0.300. The predicted molar refractivity (Wildman–Crippen MR) is 64.6 cm³/mol. The number of thiazole rings is 1. The maximum atomic E-state index is 5.24. The molecule has 0 aliphatic carbocycles. The third kappa shape index (κ3) is 1.98. The molecule has 15 heavy (non-hydrogen) atoms. The Labute approximate surface area is 97.2 Å². The third-order valence-corrected chi connectivity index (χ3v) is 3.18. The number of hydrogen-bond donors (Lipinski definition) is 1. The molecule has 0 fully saturated rings. The first-order valence-electron chi connectivity index (χ1n) is 4.70. The molecule has 0 unspecified atom stereocenters. The summed E-state index contributed by atoms with van der Waals surface area (Å²) in [5.41, 5.74) is 4.85. The summed E-state index contributed by atoms with van der Waals surface area (Å²) in [6.07, 6.45) is 0.908. The lowest BCUT2D eigenvalue weighted by molar-refractivity contribution is 0.985. The normalized spacial score (nSPS) is 10.5. The monoisotopic (exact) mass is 237 g/mol. The van der Waals surface area contributed by atoms with E-state index in [1.165, 1.54) is 0 Å². The van der Waals surface area contributed by atoms with Crippen LogP contribution in [0.3, 0.4) is 0 Å². The van der Waals surface area contributed by atoms with Crippen LogP contribution < -0.4 is 0 Å². The molecule has 0 saturated heterocycles. The van der Waals surface area contributed by atoms with Gasteiger partial charge in [0.05, 0.1) is 5.51 Å². The van der Waals surface area contributed by atoms with Gasteiger partial charge in [0.2, 0.25) is 0 Å². The van der Waals surface area contributed by atoms with Gasteiger partial charge in [-0.2, -0.15) is 0 Å². The molecular formula is C10H11N3S2. The van der Waals surface area contributed by atoms with E-state index in [1.807, 2.05) is 12.3 Å². The van der Waals surface area contributed by atoms with Crippen LogP contribution in [0.25, 0.3) is 11.5 Å². The fourth-order valence-electron chi connectivity index (χ4n) is 1.48. The van der Waals surface area contributed by atoms with Crippen molar-refractivity contribution in [1.82, 2.24) is 15.0 Å². The molecule has 2 aromatic heterocycles. The van der Waals surface area contributed by atoms with Crippen molar-refractivity contribution in [2.75, 3.05) is 0 Å². The Morgan fingerprint density at radius 2 is 2.33 bits per heavy atom. The van der Waals surface area contributed by atoms with Gasteiger partial charge in [-0.3, -0.25) is 0 Å². The topological polar surface area (TPSA) is 41.6 Å². The molecule has 0 saturated carbocycles. The van der Waals surface area contributed by atoms with Crippen LogP contribution in [-0.4, -0.2) is 15.0 Å². The molecule has 0 atom stereocenters. The van der Waals surface area contributed by atoms with Crippen LogP contribution in [0.4, 0.5) is 0 Å². The number of aryl methyl sites for hydroxylation is 1. The average molecular weight is 237 g/mol. The first-order chi connectivity index (χ1) is 7.22. The van der Waals surface area contributed by atoms with Gasteiger partial charge < -0.3 is 4.98 Å². The lowest BCUT2D eigenvalue weighted by atomic mass is 10.2. The van der Waals surface area contributed by atoms with Crippen LogP contribution in [0.2, 0.25) is 0 Å². The summed E-state index contributed by atoms with van der Waals surface area (Å²) in [6, 6.07) is 0. The van der Waals surface area contributed by atoms with E-state index in [9.17, 15) is 0 Å². The minimum Gasteiger partial charge on any atom is -0.342 e. The van der Waals surface area contributed by atoms with Gasteiger partial charge in [0, 0.05) is 16.6 Å². The van der Waals surface area contributed by atoms with E-state index in [0.717, 1.165) is 29.2 Å². The Kier molecular flexibility index (Phi) is 2.93. The van der Waals surface area contributed by atoms with Gasteiger partial charge in [0.15, 0.2) is 5.82 Å². The van der Waals surface area contributed by atoms with Crippen LogP contribution in [0, 0.1) is 11.6 Å². The molecule has 0 aliphatic rings. The highest BCUT2D eigenvalue weighted by Gasteiger charge is 2.06. The number of hydrogen-bond acceptors (Lipinski definition) is 4. The van der Waals surface area contributed by atoms with Gasteiger partial charge in [-0.05, 0) is 13.3 Å². The van der Waals surface area contributed by atoms with E-state index in [0.29, 0.717) is 4.64 Å². The van der Waals surface area contributed by atoms with Crippen molar-refractivity contribution in [3.63, 3.8) is 0 Å². The number of H-pyrrole nitrogens is 1. The van der Waals surface area contributed by atoms with E-state index in [1.54, 1.807) is 16.8 Å². The molecule has 0 amide bonds. The Balaban J connectivity index is 2.58. The van der Waals surface area contributed by atoms with Crippen molar-refractivity contribution in [2.24, 2.45) is 0 Å². The number of rotatable bonds is 2. The third-order valence-electron chi connectivity index (χ3n) is 2.26. The Morgan fingerprint density at radius 1 is 1.53 bits per heavy atom. The standard InChI is InChI=1S/C10H11N3S2/c1-3-7-6(2)12-9(13-10(7)14)8-4-15-5-11-8/h4-5H,3H2,1-2H3,(H,12,13,14). The SMILES string of the molecule is CCc1c(C)[nH]c(-c2cscn2)nc1=S. The van der Waals surface area contributed by atoms with Crippen LogP contribution in [-0.2, 0) is 6.42 Å². The Bertz CT molecular complexity index is 514. The molecule has 0 bridgehead atoms. The van der Waals surface area contributed by atoms with Gasteiger partial charge >= 0.3 is 0 Å². The zero-order valence-electron chi connectivity index (χ0n) is 8.57. The Morgan fingerprint density at radius 3 is 2.87 bits per heavy atom. The lowest BCUT2D eigenvalue weighted by Crippen LogP contribution is -1.98. The largest absolute Gasteiger partial charge is 0.342 e. The van der Waals surface area contributed by atoms with Crippen LogP contribution in [0.5, 0.6) is 0 Å². The highest BCUT2D eigenvalue weighted by atomic mass is 32.1. The van der Waals surface area contributed by atoms with Gasteiger partial charge in [0.25, 0.3) is 0 Å². The molecule has 2 rings (SSSR count). The first kappa shape index (κ1) is 10.4. The second kappa shape index (κ2) is 4.20. The van der Waals surface area contributed by atoms with Crippen LogP contribution in [0.1, 0.15) is 18.2 Å². The summed E-state index contributed by atoms with van der Waals surface area (Å²) in [6.45, 7) is 4.10. The Hall–Kier alpha value is -1.07. The number of aromatic nitrogens is 3.